The molecule has 0 bridgehead atoms. The number of anilines is 1. The lowest BCUT2D eigenvalue weighted by molar-refractivity contribution is 0.0948. The van der Waals surface area contributed by atoms with Crippen LogP contribution >= 0.6 is 0 Å². The Morgan fingerprint density at radius 1 is 1.26 bits per heavy atom. The van der Waals surface area contributed by atoms with Crippen LogP contribution < -0.4 is 15.9 Å². The monoisotopic (exact) mass is 464 g/mol. The Labute approximate surface area is 193 Å². The number of ether oxygens (including phenoxy) is 1. The minimum absolute atomic E-state index is 0.0262. The molecule has 2 aromatic carbocycles. The first kappa shape index (κ1) is 22.6. The fourth-order valence-corrected chi connectivity index (χ4v) is 3.11. The number of nitrogens with one attached hydrogen (secondary N) is 1. The number of nitrogens with two attached hydrogens (primary N) is 1. The van der Waals surface area contributed by atoms with E-state index in [1.165, 1.54) is 23.0 Å². The Kier molecular flexibility index (Phi) is 6.57. The molecule has 0 unspecified atom stereocenters. The van der Waals surface area contributed by atoms with Crippen molar-refractivity contribution in [3.05, 3.63) is 76.9 Å². The highest BCUT2D eigenvalue weighted by Gasteiger charge is 2.25. The zero-order valence-corrected chi connectivity index (χ0v) is 18.3. The molecule has 0 fully saturated rings. The summed E-state index contributed by atoms with van der Waals surface area (Å²) < 4.78 is 24.7. The number of hydrogen-bond donors (Lipinski definition) is 2. The van der Waals surface area contributed by atoms with Crippen LogP contribution in [0.2, 0.25) is 0 Å². The zero-order valence-electron chi connectivity index (χ0n) is 18.3. The summed E-state index contributed by atoms with van der Waals surface area (Å²) in [5.74, 6) is -0.208. The highest BCUT2D eigenvalue weighted by Crippen LogP contribution is 2.22. The fourth-order valence-electron chi connectivity index (χ4n) is 3.11. The summed E-state index contributed by atoms with van der Waals surface area (Å²) in [5, 5.41) is 19.2. The topological polar surface area (TPSA) is 146 Å². The van der Waals surface area contributed by atoms with E-state index < -0.39 is 5.91 Å². The highest BCUT2D eigenvalue weighted by molar-refractivity contribution is 5.94. The van der Waals surface area contributed by atoms with Crippen molar-refractivity contribution in [2.45, 2.75) is 26.4 Å². The number of benzene rings is 2. The second-order valence-corrected chi connectivity index (χ2v) is 7.55. The molecular weight excluding hydrogens is 443 g/mol. The van der Waals surface area contributed by atoms with Crippen molar-refractivity contribution in [1.29, 1.82) is 0 Å². The van der Waals surface area contributed by atoms with E-state index in [0.717, 1.165) is 5.56 Å². The van der Waals surface area contributed by atoms with Gasteiger partial charge in [-0.15, -0.1) is 5.10 Å². The van der Waals surface area contributed by atoms with Crippen LogP contribution in [-0.2, 0) is 6.61 Å². The molecule has 0 aliphatic rings. The molecule has 4 aromatic rings. The maximum absolute atomic E-state index is 13.0. The molecule has 12 heteroatoms. The normalized spacial score (nSPS) is 11.3. The van der Waals surface area contributed by atoms with Crippen LogP contribution in [0, 0.1) is 5.82 Å². The van der Waals surface area contributed by atoms with Crippen molar-refractivity contribution in [2.24, 2.45) is 5.10 Å². The highest BCUT2D eigenvalue weighted by atomic mass is 19.1. The van der Waals surface area contributed by atoms with E-state index in [9.17, 15) is 9.18 Å². The lowest BCUT2D eigenvalue weighted by Crippen LogP contribution is -2.21. The number of amides is 1. The number of halogens is 1. The Bertz CT molecular complexity index is 1310. The first-order valence-corrected chi connectivity index (χ1v) is 10.3. The molecule has 2 aromatic heterocycles. The summed E-state index contributed by atoms with van der Waals surface area (Å²) in [6.45, 7) is 4.03. The van der Waals surface area contributed by atoms with E-state index in [4.69, 9.17) is 10.5 Å². The first-order chi connectivity index (χ1) is 16.4. The third kappa shape index (κ3) is 5.06. The largest absolute Gasteiger partial charge is 0.489 e. The third-order valence-electron chi connectivity index (χ3n) is 4.72. The average Bonchev–Trinajstić information content (AvgIpc) is 3.45. The van der Waals surface area contributed by atoms with Gasteiger partial charge in [0.15, 0.2) is 5.69 Å². The summed E-state index contributed by atoms with van der Waals surface area (Å²) in [6.07, 6.45) is 1.47. The Morgan fingerprint density at radius 3 is 2.76 bits per heavy atom. The van der Waals surface area contributed by atoms with Gasteiger partial charge in [-0.1, -0.05) is 43.3 Å². The predicted octanol–water partition coefficient (Wildman–Crippen LogP) is 2.84. The second-order valence-electron chi connectivity index (χ2n) is 7.55. The summed E-state index contributed by atoms with van der Waals surface area (Å²) in [6, 6.07) is 13.2. The molecule has 11 nitrogen and oxygen atoms in total. The van der Waals surface area contributed by atoms with E-state index in [1.807, 2.05) is 13.8 Å². The van der Waals surface area contributed by atoms with Crippen molar-refractivity contribution < 1.29 is 18.6 Å². The Hall–Kier alpha value is -4.61. The van der Waals surface area contributed by atoms with Gasteiger partial charge in [-0.3, -0.25) is 4.79 Å². The first-order valence-electron chi connectivity index (χ1n) is 10.3. The molecule has 0 saturated carbocycles. The van der Waals surface area contributed by atoms with Gasteiger partial charge >= 0.3 is 0 Å². The number of carbonyl (C=O) groups is 1. The lowest BCUT2D eigenvalue weighted by Gasteiger charge is -2.08. The van der Waals surface area contributed by atoms with Gasteiger partial charge in [-0.05, 0) is 51.6 Å². The quantitative estimate of drug-likeness (QED) is 0.299. The minimum atomic E-state index is -0.551. The van der Waals surface area contributed by atoms with Gasteiger partial charge in [0.25, 0.3) is 5.91 Å². The molecule has 4 rings (SSSR count). The standard InChI is InChI=1S/C22H21FN8O3/c1-13(2)19-18(26-30-31(19)21-20(24)28-34-29-21)22(32)27-25-11-15-4-3-5-17(10-15)33-12-14-6-8-16(23)9-7-14/h3-11,13H,12H2,1-2H3,(H2,24,28)(H,27,32)/b25-11+. The number of carbonyl (C=O) groups excluding carboxylic acids is 1. The fraction of sp³-hybridized carbons (Fsp3) is 0.182. The molecule has 34 heavy (non-hydrogen) atoms. The molecule has 0 atom stereocenters. The van der Waals surface area contributed by atoms with E-state index in [0.29, 0.717) is 17.0 Å². The molecule has 0 aliphatic carbocycles. The number of rotatable bonds is 8. The van der Waals surface area contributed by atoms with Gasteiger partial charge in [0.1, 0.15) is 18.2 Å². The molecule has 0 saturated heterocycles. The van der Waals surface area contributed by atoms with Crippen molar-refractivity contribution >= 4 is 17.9 Å². The van der Waals surface area contributed by atoms with Crippen LogP contribution in [0.25, 0.3) is 5.82 Å². The minimum Gasteiger partial charge on any atom is -0.489 e. The number of nitrogen functional groups attached to an aromatic ring is 1. The van der Waals surface area contributed by atoms with Crippen LogP contribution in [0.5, 0.6) is 5.75 Å². The van der Waals surface area contributed by atoms with E-state index in [2.05, 4.69) is 35.8 Å². The van der Waals surface area contributed by atoms with Gasteiger partial charge in [0.2, 0.25) is 11.6 Å². The molecule has 174 valence electrons. The zero-order chi connectivity index (χ0) is 24.1. The molecular formula is C22H21FN8O3. The molecule has 0 aliphatic heterocycles. The third-order valence-corrected chi connectivity index (χ3v) is 4.72. The van der Waals surface area contributed by atoms with Gasteiger partial charge in [-0.2, -0.15) is 9.78 Å². The SMILES string of the molecule is CC(C)c1c(C(=O)N/N=C/c2cccc(OCc3ccc(F)cc3)c2)nnn1-c1nonc1N. The maximum Gasteiger partial charge on any atom is 0.293 e. The van der Waals surface area contributed by atoms with Crippen LogP contribution in [0.4, 0.5) is 10.2 Å². The van der Waals surface area contributed by atoms with Gasteiger partial charge in [0, 0.05) is 0 Å². The van der Waals surface area contributed by atoms with Crippen LogP contribution in [0.1, 0.15) is 47.1 Å². The van der Waals surface area contributed by atoms with Crippen LogP contribution in [0.15, 0.2) is 58.3 Å². The van der Waals surface area contributed by atoms with Crippen molar-refractivity contribution in [3.8, 4) is 11.6 Å². The number of hydrogen-bond acceptors (Lipinski definition) is 9. The number of nitrogens with zero attached hydrogens (tertiary/aromatic N) is 6. The van der Waals surface area contributed by atoms with Crippen LogP contribution in [0.3, 0.4) is 0 Å². The number of aromatic nitrogens is 5. The second kappa shape index (κ2) is 9.90. The maximum atomic E-state index is 13.0. The van der Waals surface area contributed by atoms with Crippen molar-refractivity contribution in [2.75, 3.05) is 5.73 Å². The summed E-state index contributed by atoms with van der Waals surface area (Å²) in [7, 11) is 0. The van der Waals surface area contributed by atoms with E-state index >= 15 is 0 Å². The predicted molar refractivity (Wildman–Crippen MR) is 120 cm³/mol. The van der Waals surface area contributed by atoms with Gasteiger partial charge in [-0.25, -0.2) is 14.4 Å². The Morgan fingerprint density at radius 2 is 2.06 bits per heavy atom. The smallest absolute Gasteiger partial charge is 0.293 e. The van der Waals surface area contributed by atoms with E-state index in [1.54, 1.807) is 36.4 Å². The molecule has 2 heterocycles. The van der Waals surface area contributed by atoms with Crippen molar-refractivity contribution in [3.63, 3.8) is 0 Å². The molecule has 3 N–H and O–H groups in total. The number of hydrazone groups is 1. The molecule has 0 spiro atoms. The van der Waals surface area contributed by atoms with Crippen LogP contribution in [-0.4, -0.2) is 37.4 Å². The Balaban J connectivity index is 1.42. The van der Waals surface area contributed by atoms with Gasteiger partial charge < -0.3 is 10.5 Å². The molecule has 1 amide bonds. The lowest BCUT2D eigenvalue weighted by atomic mass is 10.1. The summed E-state index contributed by atoms with van der Waals surface area (Å²) in [4.78, 5) is 12.7. The van der Waals surface area contributed by atoms with Gasteiger partial charge in [0.05, 0.1) is 11.9 Å². The average molecular weight is 464 g/mol. The summed E-state index contributed by atoms with van der Waals surface area (Å²) >= 11 is 0. The van der Waals surface area contributed by atoms with E-state index in [-0.39, 0.29) is 35.7 Å². The van der Waals surface area contributed by atoms with Crippen molar-refractivity contribution in [1.82, 2.24) is 30.7 Å². The molecule has 0 radical (unpaired) electrons. The summed E-state index contributed by atoms with van der Waals surface area (Å²) in [5.41, 5.74) is 10.3.